The van der Waals surface area contributed by atoms with Gasteiger partial charge in [0.2, 0.25) is 5.91 Å². The molecule has 0 aromatic heterocycles. The number of amides is 2. The van der Waals surface area contributed by atoms with Crippen LogP contribution < -0.4 is 15.0 Å². The highest BCUT2D eigenvalue weighted by Gasteiger charge is 2.28. The third-order valence-electron chi connectivity index (χ3n) is 4.40. The molecule has 0 saturated heterocycles. The average molecular weight is 414 g/mol. The summed E-state index contributed by atoms with van der Waals surface area (Å²) in [7, 11) is 1.59. The number of hydrogen-bond donors (Lipinski definition) is 1. The van der Waals surface area contributed by atoms with Gasteiger partial charge in [0.15, 0.2) is 6.10 Å². The number of benzene rings is 2. The van der Waals surface area contributed by atoms with Gasteiger partial charge in [-0.05, 0) is 36.8 Å². The molecule has 152 valence electrons. The van der Waals surface area contributed by atoms with Crippen LogP contribution in [0.3, 0.4) is 0 Å². The lowest BCUT2D eigenvalue weighted by Crippen LogP contribution is -2.42. The summed E-state index contributed by atoms with van der Waals surface area (Å²) < 4.78 is 10.3. The Bertz CT molecular complexity index is 900. The summed E-state index contributed by atoms with van der Waals surface area (Å²) in [5.41, 5.74) is 1.58. The summed E-state index contributed by atoms with van der Waals surface area (Å²) in [5, 5.41) is 2.73. The highest BCUT2D eigenvalue weighted by atomic mass is 32.2. The Kier molecular flexibility index (Phi) is 6.77. The molecule has 1 aliphatic rings. The summed E-state index contributed by atoms with van der Waals surface area (Å²) in [6.07, 6.45) is -0.967. The first kappa shape index (κ1) is 20.7. The van der Waals surface area contributed by atoms with Gasteiger partial charge in [0.1, 0.15) is 12.3 Å². The number of para-hydroxylation sites is 1. The van der Waals surface area contributed by atoms with Gasteiger partial charge in [0, 0.05) is 11.4 Å². The molecule has 2 aromatic rings. The predicted molar refractivity (Wildman–Crippen MR) is 110 cm³/mol. The molecule has 29 heavy (non-hydrogen) atoms. The Morgan fingerprint density at radius 3 is 2.62 bits per heavy atom. The quantitative estimate of drug-likeness (QED) is 0.701. The standard InChI is InChI=1S/C21H22N2O5S/c1-14(21(26)22-11-15-7-9-16(27-2)10-8-15)28-20(25)12-23-17-5-3-4-6-18(17)29-13-19(23)24/h3-10,14H,11-13H2,1-2H3,(H,22,26)/t14-/m1/s1. The summed E-state index contributed by atoms with van der Waals surface area (Å²) in [4.78, 5) is 39.1. The number of hydrogen-bond acceptors (Lipinski definition) is 6. The topological polar surface area (TPSA) is 84.9 Å². The monoisotopic (exact) mass is 414 g/mol. The fourth-order valence-corrected chi connectivity index (χ4v) is 3.76. The zero-order valence-electron chi connectivity index (χ0n) is 16.2. The number of fused-ring (bicyclic) bond motifs is 1. The number of nitrogens with zero attached hydrogens (tertiary/aromatic N) is 1. The van der Waals surface area contributed by atoms with Gasteiger partial charge in [0.05, 0.1) is 18.6 Å². The van der Waals surface area contributed by atoms with Crippen LogP contribution in [0, 0.1) is 0 Å². The van der Waals surface area contributed by atoms with Crippen molar-refractivity contribution in [2.75, 3.05) is 24.3 Å². The number of methoxy groups -OCH3 is 1. The molecule has 1 N–H and O–H groups in total. The van der Waals surface area contributed by atoms with Gasteiger partial charge in [-0.2, -0.15) is 0 Å². The number of anilines is 1. The van der Waals surface area contributed by atoms with E-state index in [0.717, 1.165) is 16.2 Å². The van der Waals surface area contributed by atoms with Crippen LogP contribution >= 0.6 is 11.8 Å². The SMILES string of the molecule is COc1ccc(CNC(=O)[C@@H](C)OC(=O)CN2C(=O)CSc3ccccc32)cc1. The molecule has 2 amide bonds. The smallest absolute Gasteiger partial charge is 0.326 e. The van der Waals surface area contributed by atoms with Gasteiger partial charge >= 0.3 is 5.97 Å². The molecule has 0 spiro atoms. The molecule has 1 atom stereocenters. The van der Waals surface area contributed by atoms with Crippen LogP contribution in [-0.4, -0.2) is 43.3 Å². The van der Waals surface area contributed by atoms with E-state index in [2.05, 4.69) is 5.32 Å². The maximum absolute atomic E-state index is 12.3. The molecule has 3 rings (SSSR count). The fraction of sp³-hybridized carbons (Fsp3) is 0.286. The first-order chi connectivity index (χ1) is 14.0. The lowest BCUT2D eigenvalue weighted by molar-refractivity contribution is -0.153. The van der Waals surface area contributed by atoms with Gasteiger partial charge in [-0.15, -0.1) is 11.8 Å². The highest BCUT2D eigenvalue weighted by Crippen LogP contribution is 2.34. The largest absolute Gasteiger partial charge is 0.497 e. The number of esters is 1. The maximum atomic E-state index is 12.3. The summed E-state index contributed by atoms with van der Waals surface area (Å²) >= 11 is 1.44. The lowest BCUT2D eigenvalue weighted by Gasteiger charge is -2.28. The van der Waals surface area contributed by atoms with Crippen molar-refractivity contribution < 1.29 is 23.9 Å². The Balaban J connectivity index is 1.52. The lowest BCUT2D eigenvalue weighted by atomic mass is 10.2. The van der Waals surface area contributed by atoms with Crippen LogP contribution in [0.1, 0.15) is 12.5 Å². The number of carbonyl (C=O) groups excluding carboxylic acids is 3. The maximum Gasteiger partial charge on any atom is 0.326 e. The number of thioether (sulfide) groups is 1. The second-order valence-corrected chi connectivity index (χ2v) is 7.45. The highest BCUT2D eigenvalue weighted by molar-refractivity contribution is 8.00. The van der Waals surface area contributed by atoms with Crippen molar-refractivity contribution in [2.45, 2.75) is 24.5 Å². The van der Waals surface area contributed by atoms with Crippen LogP contribution in [0.25, 0.3) is 0 Å². The van der Waals surface area contributed by atoms with Crippen LogP contribution in [0.15, 0.2) is 53.4 Å². The minimum absolute atomic E-state index is 0.165. The predicted octanol–water partition coefficient (Wildman–Crippen LogP) is 2.38. The van der Waals surface area contributed by atoms with Crippen molar-refractivity contribution in [1.29, 1.82) is 0 Å². The van der Waals surface area contributed by atoms with Crippen molar-refractivity contribution in [3.05, 3.63) is 54.1 Å². The molecule has 0 saturated carbocycles. The minimum atomic E-state index is -0.967. The van der Waals surface area contributed by atoms with E-state index in [-0.39, 0.29) is 18.2 Å². The Labute approximate surface area is 173 Å². The number of carbonyl (C=O) groups is 3. The molecule has 8 heteroatoms. The normalized spacial score (nSPS) is 14.0. The van der Waals surface area contributed by atoms with Gasteiger partial charge in [-0.1, -0.05) is 24.3 Å². The molecule has 0 fully saturated rings. The van der Waals surface area contributed by atoms with E-state index in [1.54, 1.807) is 25.3 Å². The van der Waals surface area contributed by atoms with Gasteiger partial charge in [0.25, 0.3) is 5.91 Å². The third-order valence-corrected chi connectivity index (χ3v) is 5.45. The van der Waals surface area contributed by atoms with E-state index in [4.69, 9.17) is 9.47 Å². The Morgan fingerprint density at radius 2 is 1.90 bits per heavy atom. The van der Waals surface area contributed by atoms with Crippen molar-refractivity contribution >= 4 is 35.2 Å². The summed E-state index contributed by atoms with van der Waals surface area (Å²) in [6.45, 7) is 1.58. The first-order valence-electron chi connectivity index (χ1n) is 9.10. The first-order valence-corrected chi connectivity index (χ1v) is 10.1. The molecule has 0 radical (unpaired) electrons. The zero-order valence-corrected chi connectivity index (χ0v) is 17.0. The second-order valence-electron chi connectivity index (χ2n) is 6.43. The van der Waals surface area contributed by atoms with E-state index in [1.165, 1.54) is 23.6 Å². The third kappa shape index (κ3) is 5.29. The minimum Gasteiger partial charge on any atom is -0.497 e. The van der Waals surface area contributed by atoms with Crippen LogP contribution in [0.2, 0.25) is 0 Å². The van der Waals surface area contributed by atoms with Crippen molar-refractivity contribution in [3.63, 3.8) is 0 Å². The Hall–Kier alpha value is -3.00. The zero-order chi connectivity index (χ0) is 20.8. The van der Waals surface area contributed by atoms with E-state index in [0.29, 0.717) is 12.2 Å². The molecule has 1 heterocycles. The van der Waals surface area contributed by atoms with Crippen molar-refractivity contribution in [2.24, 2.45) is 0 Å². The van der Waals surface area contributed by atoms with Gasteiger partial charge in [-0.25, -0.2) is 0 Å². The van der Waals surface area contributed by atoms with Crippen molar-refractivity contribution in [3.8, 4) is 5.75 Å². The second kappa shape index (κ2) is 9.47. The molecular weight excluding hydrogens is 392 g/mol. The van der Waals surface area contributed by atoms with Crippen LogP contribution in [0.4, 0.5) is 5.69 Å². The average Bonchev–Trinajstić information content (AvgIpc) is 2.74. The van der Waals surface area contributed by atoms with E-state index in [9.17, 15) is 14.4 Å². The molecule has 1 aliphatic heterocycles. The Morgan fingerprint density at radius 1 is 1.17 bits per heavy atom. The van der Waals surface area contributed by atoms with E-state index >= 15 is 0 Å². The van der Waals surface area contributed by atoms with Crippen molar-refractivity contribution in [1.82, 2.24) is 5.32 Å². The molecule has 0 aliphatic carbocycles. The van der Waals surface area contributed by atoms with E-state index < -0.39 is 18.0 Å². The number of ether oxygens (including phenoxy) is 2. The molecule has 0 bridgehead atoms. The van der Waals surface area contributed by atoms with Gasteiger partial charge < -0.3 is 14.8 Å². The molecule has 0 unspecified atom stereocenters. The molecular formula is C21H22N2O5S. The number of nitrogens with one attached hydrogen (secondary N) is 1. The van der Waals surface area contributed by atoms with Crippen LogP contribution in [0.5, 0.6) is 5.75 Å². The van der Waals surface area contributed by atoms with Crippen LogP contribution in [-0.2, 0) is 25.7 Å². The summed E-state index contributed by atoms with van der Waals surface area (Å²) in [6, 6.07) is 14.7. The molecule has 7 nitrogen and oxygen atoms in total. The fourth-order valence-electron chi connectivity index (χ4n) is 2.82. The van der Waals surface area contributed by atoms with Gasteiger partial charge in [-0.3, -0.25) is 19.3 Å². The van der Waals surface area contributed by atoms with E-state index in [1.807, 2.05) is 30.3 Å². The summed E-state index contributed by atoms with van der Waals surface area (Å²) in [5.74, 6) is -0.207. The number of rotatable bonds is 7. The molecule has 2 aromatic carbocycles.